The van der Waals surface area contributed by atoms with E-state index in [1.165, 1.54) is 13.0 Å². The lowest BCUT2D eigenvalue weighted by molar-refractivity contribution is 0.0695. The molecule has 0 amide bonds. The molecule has 0 spiro atoms. The Kier molecular flexibility index (Phi) is 4.01. The zero-order valence-electron chi connectivity index (χ0n) is 10.9. The average molecular weight is 376 g/mol. The number of aromatic nitrogens is 2. The van der Waals surface area contributed by atoms with Crippen LogP contribution in [0.4, 0.5) is 6.01 Å². The van der Waals surface area contributed by atoms with Crippen molar-refractivity contribution >= 4 is 37.9 Å². The van der Waals surface area contributed by atoms with Gasteiger partial charge >= 0.3 is 12.0 Å². The summed E-state index contributed by atoms with van der Waals surface area (Å²) >= 11 is 3.14. The van der Waals surface area contributed by atoms with Gasteiger partial charge in [-0.1, -0.05) is 21.0 Å². The van der Waals surface area contributed by atoms with E-state index in [1.54, 1.807) is 6.92 Å². The number of benzene rings is 1. The van der Waals surface area contributed by atoms with Crippen LogP contribution in [0.5, 0.6) is 0 Å². The summed E-state index contributed by atoms with van der Waals surface area (Å²) in [7, 11) is -4.03. The fraction of sp³-hybridized carbons (Fsp3) is 0.182. The summed E-state index contributed by atoms with van der Waals surface area (Å²) in [6.07, 6.45) is 0. The van der Waals surface area contributed by atoms with Gasteiger partial charge in [0.15, 0.2) is 0 Å². The first-order chi connectivity index (χ1) is 9.70. The topological polar surface area (TPSA) is 122 Å². The Morgan fingerprint density at radius 2 is 2.00 bits per heavy atom. The number of aromatic carboxylic acids is 1. The fourth-order valence-electron chi connectivity index (χ4n) is 1.54. The smallest absolute Gasteiger partial charge is 0.336 e. The van der Waals surface area contributed by atoms with E-state index in [1.807, 2.05) is 0 Å². The first kappa shape index (κ1) is 15.4. The summed E-state index contributed by atoms with van der Waals surface area (Å²) in [5.74, 6) is -1.03. The van der Waals surface area contributed by atoms with Gasteiger partial charge in [-0.2, -0.15) is 0 Å². The van der Waals surface area contributed by atoms with Crippen molar-refractivity contribution in [2.24, 2.45) is 0 Å². The molecule has 0 unspecified atom stereocenters. The Morgan fingerprint density at radius 3 is 2.52 bits per heavy atom. The predicted molar refractivity (Wildman–Crippen MR) is 75.7 cm³/mol. The van der Waals surface area contributed by atoms with E-state index in [2.05, 4.69) is 30.8 Å². The van der Waals surface area contributed by atoms with Gasteiger partial charge in [-0.05, 0) is 24.6 Å². The maximum Gasteiger partial charge on any atom is 0.336 e. The van der Waals surface area contributed by atoms with Crippen molar-refractivity contribution < 1.29 is 22.7 Å². The molecule has 0 fully saturated rings. The zero-order valence-corrected chi connectivity index (χ0v) is 13.3. The highest BCUT2D eigenvalue weighted by atomic mass is 79.9. The molecular formula is C11H10BrN3O5S. The zero-order chi connectivity index (χ0) is 15.8. The standard InChI is InChI=1S/C11H10BrN3O5S/c1-5-8(10(16)17)3-7(4-9(5)12)21(18,19)15-11-14-13-6(2)20-11/h3-4H,1-2H3,(H,14,15)(H,16,17). The van der Waals surface area contributed by atoms with Crippen LogP contribution < -0.4 is 4.72 Å². The summed E-state index contributed by atoms with van der Waals surface area (Å²) in [5.41, 5.74) is 0.307. The average Bonchev–Trinajstić information content (AvgIpc) is 2.76. The Balaban J connectivity index is 2.47. The third-order valence-electron chi connectivity index (χ3n) is 2.61. The third kappa shape index (κ3) is 3.22. The first-order valence-electron chi connectivity index (χ1n) is 5.57. The summed E-state index contributed by atoms with van der Waals surface area (Å²) in [6.45, 7) is 3.08. The first-order valence-corrected chi connectivity index (χ1v) is 7.84. The summed E-state index contributed by atoms with van der Waals surface area (Å²) in [4.78, 5) is 10.9. The van der Waals surface area contributed by atoms with Crippen molar-refractivity contribution in [2.45, 2.75) is 18.7 Å². The van der Waals surface area contributed by atoms with Crippen LogP contribution in [-0.4, -0.2) is 29.7 Å². The van der Waals surface area contributed by atoms with Crippen LogP contribution in [0.15, 0.2) is 25.9 Å². The quantitative estimate of drug-likeness (QED) is 0.836. The van der Waals surface area contributed by atoms with Gasteiger partial charge in [0.25, 0.3) is 10.0 Å². The molecule has 2 rings (SSSR count). The SMILES string of the molecule is Cc1nnc(NS(=O)(=O)c2cc(Br)c(C)c(C(=O)O)c2)o1. The molecule has 0 aliphatic heterocycles. The summed E-state index contributed by atoms with van der Waals surface area (Å²) < 4.78 is 31.8. The van der Waals surface area contributed by atoms with E-state index in [-0.39, 0.29) is 22.4 Å². The maximum atomic E-state index is 12.2. The fourth-order valence-corrected chi connectivity index (χ4v) is 3.13. The number of hydrogen-bond donors (Lipinski definition) is 2. The lowest BCUT2D eigenvalue weighted by Crippen LogP contribution is -2.15. The lowest BCUT2D eigenvalue weighted by Gasteiger charge is -2.09. The van der Waals surface area contributed by atoms with E-state index in [9.17, 15) is 13.2 Å². The molecule has 0 atom stereocenters. The lowest BCUT2D eigenvalue weighted by atomic mass is 10.1. The van der Waals surface area contributed by atoms with Crippen LogP contribution in [0.3, 0.4) is 0 Å². The number of nitrogens with one attached hydrogen (secondary N) is 1. The molecule has 21 heavy (non-hydrogen) atoms. The third-order valence-corrected chi connectivity index (χ3v) is 4.73. The molecule has 2 N–H and O–H groups in total. The van der Waals surface area contributed by atoms with Gasteiger partial charge in [-0.15, -0.1) is 5.10 Å². The number of carbonyl (C=O) groups is 1. The highest BCUT2D eigenvalue weighted by Gasteiger charge is 2.22. The molecule has 1 heterocycles. The molecule has 10 heteroatoms. The van der Waals surface area contributed by atoms with Crippen LogP contribution in [-0.2, 0) is 10.0 Å². The van der Waals surface area contributed by atoms with Crippen molar-refractivity contribution in [3.8, 4) is 0 Å². The van der Waals surface area contributed by atoms with Crippen LogP contribution in [0.25, 0.3) is 0 Å². The monoisotopic (exact) mass is 375 g/mol. The van der Waals surface area contributed by atoms with Crippen molar-refractivity contribution in [3.63, 3.8) is 0 Å². The van der Waals surface area contributed by atoms with E-state index >= 15 is 0 Å². The Hall–Kier alpha value is -1.94. The van der Waals surface area contributed by atoms with Crippen molar-refractivity contribution in [3.05, 3.63) is 33.6 Å². The van der Waals surface area contributed by atoms with Crippen molar-refractivity contribution in [1.29, 1.82) is 0 Å². The Morgan fingerprint density at radius 1 is 1.33 bits per heavy atom. The number of aryl methyl sites for hydroxylation is 1. The normalized spacial score (nSPS) is 11.4. The van der Waals surface area contributed by atoms with Gasteiger partial charge in [-0.3, -0.25) is 0 Å². The number of sulfonamides is 1. The highest BCUT2D eigenvalue weighted by Crippen LogP contribution is 2.26. The van der Waals surface area contributed by atoms with Crippen molar-refractivity contribution in [1.82, 2.24) is 10.2 Å². The minimum Gasteiger partial charge on any atom is -0.478 e. The van der Waals surface area contributed by atoms with Gasteiger partial charge in [0.05, 0.1) is 10.5 Å². The maximum absolute atomic E-state index is 12.2. The van der Waals surface area contributed by atoms with Gasteiger partial charge < -0.3 is 9.52 Å². The van der Waals surface area contributed by atoms with E-state index in [0.717, 1.165) is 6.07 Å². The molecule has 0 aliphatic carbocycles. The minimum absolute atomic E-state index is 0.119. The number of carboxylic acid groups (broad SMARTS) is 1. The molecule has 0 aliphatic rings. The predicted octanol–water partition coefficient (Wildman–Crippen LogP) is 1.95. The second-order valence-electron chi connectivity index (χ2n) is 4.11. The van der Waals surface area contributed by atoms with Gasteiger partial charge in [0, 0.05) is 11.4 Å². The molecule has 1 aromatic carbocycles. The number of anilines is 1. The molecule has 112 valence electrons. The molecule has 0 radical (unpaired) electrons. The van der Waals surface area contributed by atoms with Gasteiger partial charge in [0.1, 0.15) is 0 Å². The van der Waals surface area contributed by atoms with Crippen LogP contribution in [0.2, 0.25) is 0 Å². The Bertz CT molecular complexity index is 815. The van der Waals surface area contributed by atoms with E-state index < -0.39 is 16.0 Å². The van der Waals surface area contributed by atoms with Gasteiger partial charge in [-0.25, -0.2) is 17.9 Å². The molecule has 2 aromatic rings. The summed E-state index contributed by atoms with van der Waals surface area (Å²) in [5, 5.41) is 16.1. The number of halogens is 1. The second-order valence-corrected chi connectivity index (χ2v) is 6.65. The highest BCUT2D eigenvalue weighted by molar-refractivity contribution is 9.10. The minimum atomic E-state index is -4.03. The van der Waals surface area contributed by atoms with Crippen LogP contribution in [0, 0.1) is 13.8 Å². The summed E-state index contributed by atoms with van der Waals surface area (Å²) in [6, 6.07) is 2.07. The molecule has 0 saturated heterocycles. The van der Waals surface area contributed by atoms with Crippen LogP contribution >= 0.6 is 15.9 Å². The molecule has 1 aromatic heterocycles. The van der Waals surface area contributed by atoms with Crippen LogP contribution in [0.1, 0.15) is 21.8 Å². The van der Waals surface area contributed by atoms with Gasteiger partial charge in [0.2, 0.25) is 5.89 Å². The number of rotatable bonds is 4. The van der Waals surface area contributed by atoms with E-state index in [0.29, 0.717) is 10.0 Å². The number of nitrogens with zero attached hydrogens (tertiary/aromatic N) is 2. The molecular weight excluding hydrogens is 366 g/mol. The second kappa shape index (κ2) is 5.45. The molecule has 0 bridgehead atoms. The number of carboxylic acids is 1. The Labute approximate surface area is 128 Å². The largest absolute Gasteiger partial charge is 0.478 e. The number of hydrogen-bond acceptors (Lipinski definition) is 6. The van der Waals surface area contributed by atoms with Crippen molar-refractivity contribution in [2.75, 3.05) is 4.72 Å². The molecule has 0 saturated carbocycles. The van der Waals surface area contributed by atoms with E-state index in [4.69, 9.17) is 9.52 Å². The molecule has 8 nitrogen and oxygen atoms in total.